The van der Waals surface area contributed by atoms with Gasteiger partial charge in [0, 0.05) is 11.3 Å². The first kappa shape index (κ1) is 22.3. The molecule has 0 bridgehead atoms. The molecule has 2 aliphatic rings. The highest BCUT2D eigenvalue weighted by Crippen LogP contribution is 2.36. The predicted octanol–water partition coefficient (Wildman–Crippen LogP) is 5.01. The van der Waals surface area contributed by atoms with E-state index in [0.717, 1.165) is 23.4 Å². The van der Waals surface area contributed by atoms with Crippen molar-refractivity contribution in [2.75, 3.05) is 5.32 Å². The van der Waals surface area contributed by atoms with Crippen molar-refractivity contribution in [1.29, 1.82) is 0 Å². The topological polar surface area (TPSA) is 74.1 Å². The lowest BCUT2D eigenvalue weighted by Gasteiger charge is -2.27. The maximum Gasteiger partial charge on any atom is 0.259 e. The van der Waals surface area contributed by atoms with Crippen molar-refractivity contribution in [3.8, 4) is 0 Å². The molecule has 0 radical (unpaired) electrons. The third-order valence-corrected chi connectivity index (χ3v) is 6.99. The zero-order valence-corrected chi connectivity index (χ0v) is 19.6. The van der Waals surface area contributed by atoms with Gasteiger partial charge in [0.2, 0.25) is 5.91 Å². The molecule has 32 heavy (non-hydrogen) atoms. The third-order valence-electron chi connectivity index (χ3n) is 5.67. The van der Waals surface area contributed by atoms with Gasteiger partial charge in [-0.3, -0.25) is 14.6 Å². The van der Waals surface area contributed by atoms with Gasteiger partial charge in [-0.1, -0.05) is 63.7 Å². The average Bonchev–Trinajstić information content (AvgIpc) is 3.16. The van der Waals surface area contributed by atoms with Crippen LogP contribution in [0, 0.1) is 5.92 Å². The first-order chi connectivity index (χ1) is 15.4. The van der Waals surface area contributed by atoms with Crippen molar-refractivity contribution >= 4 is 46.0 Å². The number of hydrogen-bond acceptors (Lipinski definition) is 5. The van der Waals surface area contributed by atoms with Crippen LogP contribution in [-0.4, -0.2) is 39.0 Å². The van der Waals surface area contributed by atoms with Crippen molar-refractivity contribution in [2.45, 2.75) is 51.8 Å². The maximum absolute atomic E-state index is 13.2. The van der Waals surface area contributed by atoms with Crippen LogP contribution in [0.3, 0.4) is 0 Å². The minimum absolute atomic E-state index is 0.0791. The van der Waals surface area contributed by atoms with Gasteiger partial charge >= 0.3 is 0 Å². The van der Waals surface area contributed by atoms with E-state index in [2.05, 4.69) is 12.2 Å². The standard InChI is InChI=1S/C25H28N4O2S/c1-5-16-11-13-17(14-12-16)26-23(30)20(6-2)32-25-27-19-10-8-7-9-18(19)22-28-21(15(3)4)24(31)29(22)25/h7-15,20-21H,5-6H2,1-4H3,(H,26,30)/t20-,21+/m0/s1. The summed E-state index contributed by atoms with van der Waals surface area (Å²) in [5.74, 6) is 0.526. The fraction of sp³-hybridized carbons (Fsp3) is 0.360. The zero-order valence-electron chi connectivity index (χ0n) is 18.8. The monoisotopic (exact) mass is 448 g/mol. The Morgan fingerprint density at radius 2 is 1.84 bits per heavy atom. The molecule has 6 nitrogen and oxygen atoms in total. The van der Waals surface area contributed by atoms with Crippen molar-refractivity contribution in [1.82, 2.24) is 4.90 Å². The fourth-order valence-electron chi connectivity index (χ4n) is 3.78. The van der Waals surface area contributed by atoms with Gasteiger partial charge in [0.15, 0.2) is 5.17 Å². The first-order valence-electron chi connectivity index (χ1n) is 11.1. The van der Waals surface area contributed by atoms with Crippen LogP contribution in [0.4, 0.5) is 11.4 Å². The molecule has 0 unspecified atom stereocenters. The van der Waals surface area contributed by atoms with Gasteiger partial charge in [0.25, 0.3) is 5.91 Å². The SMILES string of the molecule is CCc1ccc(NC(=O)[C@H](CC)SC2=Nc3ccccc3C3=N[C@H](C(C)C)C(=O)N23)cc1. The molecule has 0 spiro atoms. The molecular formula is C25H28N4O2S. The summed E-state index contributed by atoms with van der Waals surface area (Å²) in [5.41, 5.74) is 3.61. The Balaban J connectivity index is 1.60. The number of aryl methyl sites for hydroxylation is 1. The summed E-state index contributed by atoms with van der Waals surface area (Å²) in [7, 11) is 0. The number of fused-ring (bicyclic) bond motifs is 3. The van der Waals surface area contributed by atoms with Gasteiger partial charge in [-0.2, -0.15) is 0 Å². The number of benzene rings is 2. The largest absolute Gasteiger partial charge is 0.325 e. The lowest BCUT2D eigenvalue weighted by atomic mass is 10.1. The summed E-state index contributed by atoms with van der Waals surface area (Å²) in [4.78, 5) is 37.4. The molecule has 2 atom stereocenters. The average molecular weight is 449 g/mol. The van der Waals surface area contributed by atoms with E-state index in [9.17, 15) is 9.59 Å². The van der Waals surface area contributed by atoms with Gasteiger partial charge in [-0.05, 0) is 48.6 Å². The van der Waals surface area contributed by atoms with Crippen molar-refractivity contribution < 1.29 is 9.59 Å². The molecule has 166 valence electrons. The number of carbonyl (C=O) groups is 2. The number of aliphatic imine (C=N–C) groups is 2. The van der Waals surface area contributed by atoms with E-state index in [4.69, 9.17) is 9.98 Å². The summed E-state index contributed by atoms with van der Waals surface area (Å²) < 4.78 is 0. The molecule has 0 fully saturated rings. The van der Waals surface area contributed by atoms with E-state index in [1.165, 1.54) is 17.3 Å². The Bertz CT molecular complexity index is 1090. The molecule has 7 heteroatoms. The summed E-state index contributed by atoms with van der Waals surface area (Å²) in [5, 5.41) is 3.12. The summed E-state index contributed by atoms with van der Waals surface area (Å²) in [6, 6.07) is 15.1. The number of nitrogens with zero attached hydrogens (tertiary/aromatic N) is 3. The fourth-order valence-corrected chi connectivity index (χ4v) is 4.80. The number of carbonyl (C=O) groups excluding carboxylic acids is 2. The van der Waals surface area contributed by atoms with E-state index in [1.807, 2.05) is 69.3 Å². The number of amidine groups is 2. The maximum atomic E-state index is 13.2. The van der Waals surface area contributed by atoms with Crippen molar-refractivity contribution in [3.05, 3.63) is 59.7 Å². The van der Waals surface area contributed by atoms with Gasteiger partial charge in [-0.25, -0.2) is 9.89 Å². The molecule has 0 aliphatic carbocycles. The number of thioether (sulfide) groups is 1. The molecular weight excluding hydrogens is 420 g/mol. The van der Waals surface area contributed by atoms with Crippen LogP contribution in [0.2, 0.25) is 0 Å². The summed E-state index contributed by atoms with van der Waals surface area (Å²) >= 11 is 1.32. The van der Waals surface area contributed by atoms with Crippen LogP contribution in [0.15, 0.2) is 58.5 Å². The van der Waals surface area contributed by atoms with E-state index >= 15 is 0 Å². The highest BCUT2D eigenvalue weighted by Gasteiger charge is 2.43. The van der Waals surface area contributed by atoms with E-state index in [1.54, 1.807) is 4.90 Å². The second kappa shape index (κ2) is 9.28. The lowest BCUT2D eigenvalue weighted by molar-refractivity contribution is -0.125. The Labute approximate surface area is 193 Å². The minimum atomic E-state index is -0.437. The number of para-hydroxylation sites is 1. The Hall–Kier alpha value is -2.93. The number of nitrogens with one attached hydrogen (secondary N) is 1. The molecule has 4 rings (SSSR count). The van der Waals surface area contributed by atoms with Crippen LogP contribution in [0.5, 0.6) is 0 Å². The van der Waals surface area contributed by atoms with E-state index < -0.39 is 11.3 Å². The molecule has 0 saturated heterocycles. The van der Waals surface area contributed by atoms with E-state index in [0.29, 0.717) is 17.4 Å². The van der Waals surface area contributed by atoms with Gasteiger partial charge in [-0.15, -0.1) is 0 Å². The van der Waals surface area contributed by atoms with Crippen LogP contribution in [0.25, 0.3) is 0 Å². The van der Waals surface area contributed by atoms with Crippen LogP contribution >= 0.6 is 11.8 Å². The van der Waals surface area contributed by atoms with Crippen LogP contribution in [-0.2, 0) is 16.0 Å². The Morgan fingerprint density at radius 1 is 1.12 bits per heavy atom. The van der Waals surface area contributed by atoms with E-state index in [-0.39, 0.29) is 17.7 Å². The molecule has 2 heterocycles. The third kappa shape index (κ3) is 4.21. The number of hydrogen-bond donors (Lipinski definition) is 1. The van der Waals surface area contributed by atoms with Crippen LogP contribution < -0.4 is 5.32 Å². The Kier molecular flexibility index (Phi) is 6.46. The number of amides is 2. The van der Waals surface area contributed by atoms with Gasteiger partial charge in [0.05, 0.1) is 10.9 Å². The molecule has 2 aromatic carbocycles. The smallest absolute Gasteiger partial charge is 0.259 e. The summed E-state index contributed by atoms with van der Waals surface area (Å²) in [6.07, 6.45) is 1.56. The highest BCUT2D eigenvalue weighted by molar-refractivity contribution is 8.15. The van der Waals surface area contributed by atoms with Gasteiger partial charge < -0.3 is 5.32 Å². The predicted molar refractivity (Wildman–Crippen MR) is 132 cm³/mol. The zero-order chi connectivity index (χ0) is 22.8. The lowest BCUT2D eigenvalue weighted by Crippen LogP contribution is -2.43. The number of anilines is 1. The molecule has 2 aromatic rings. The van der Waals surface area contributed by atoms with Crippen molar-refractivity contribution in [3.63, 3.8) is 0 Å². The Morgan fingerprint density at radius 3 is 2.50 bits per heavy atom. The normalized spacial score (nSPS) is 18.1. The summed E-state index contributed by atoms with van der Waals surface area (Å²) in [6.45, 7) is 8.05. The first-order valence-corrected chi connectivity index (χ1v) is 12.0. The molecule has 1 N–H and O–H groups in total. The highest BCUT2D eigenvalue weighted by atomic mass is 32.2. The minimum Gasteiger partial charge on any atom is -0.325 e. The van der Waals surface area contributed by atoms with Crippen LogP contribution in [0.1, 0.15) is 45.2 Å². The molecule has 0 aromatic heterocycles. The molecule has 2 amide bonds. The molecule has 0 saturated carbocycles. The quantitative estimate of drug-likeness (QED) is 0.675. The van der Waals surface area contributed by atoms with Crippen molar-refractivity contribution in [2.24, 2.45) is 15.9 Å². The second-order valence-corrected chi connectivity index (χ2v) is 9.45. The molecule has 2 aliphatic heterocycles. The number of rotatable bonds is 6. The second-order valence-electron chi connectivity index (χ2n) is 8.28. The van der Waals surface area contributed by atoms with Gasteiger partial charge in [0.1, 0.15) is 11.9 Å².